The zero-order valence-corrected chi connectivity index (χ0v) is 19.3. The van der Waals surface area contributed by atoms with E-state index >= 15 is 0 Å². The first-order chi connectivity index (χ1) is 15.2. The summed E-state index contributed by atoms with van der Waals surface area (Å²) in [6.45, 7) is 3.08. The topological polar surface area (TPSA) is 82.9 Å². The van der Waals surface area contributed by atoms with Crippen molar-refractivity contribution in [3.63, 3.8) is 0 Å². The summed E-state index contributed by atoms with van der Waals surface area (Å²) < 4.78 is 1.05. The highest BCUT2D eigenvalue weighted by atomic mass is 127. The van der Waals surface area contributed by atoms with E-state index in [1.54, 1.807) is 0 Å². The van der Waals surface area contributed by atoms with Gasteiger partial charge >= 0.3 is 0 Å². The number of aromatic amines is 1. The summed E-state index contributed by atoms with van der Waals surface area (Å²) >= 11 is 2.32. The Hall–Kier alpha value is -2.65. The lowest BCUT2D eigenvalue weighted by atomic mass is 10.0. The Morgan fingerprint density at radius 2 is 1.87 bits per heavy atom. The molecule has 1 aliphatic heterocycles. The van der Waals surface area contributed by atoms with Crippen LogP contribution in [-0.2, 0) is 6.54 Å². The van der Waals surface area contributed by atoms with Crippen LogP contribution in [-0.4, -0.2) is 39.0 Å². The van der Waals surface area contributed by atoms with Gasteiger partial charge in [0.2, 0.25) is 5.95 Å². The second kappa shape index (κ2) is 8.84. The SMILES string of the molecule is Nc1ccc(CN2CCC(Nc3ncc(I)c(-c4c[nH]c5ccccc45)n3)CC2)cc1. The largest absolute Gasteiger partial charge is 0.399 e. The lowest BCUT2D eigenvalue weighted by Gasteiger charge is -2.32. The van der Waals surface area contributed by atoms with Crippen molar-refractivity contribution < 1.29 is 0 Å². The highest BCUT2D eigenvalue weighted by molar-refractivity contribution is 14.1. The number of piperidine rings is 1. The first-order valence-electron chi connectivity index (χ1n) is 10.6. The van der Waals surface area contributed by atoms with E-state index in [0.717, 1.165) is 58.5 Å². The quantitative estimate of drug-likeness (QED) is 0.256. The summed E-state index contributed by atoms with van der Waals surface area (Å²) in [5, 5.41) is 4.75. The highest BCUT2D eigenvalue weighted by Gasteiger charge is 2.21. The molecule has 0 amide bonds. The third-order valence-electron chi connectivity index (χ3n) is 5.90. The fourth-order valence-electron chi connectivity index (χ4n) is 4.19. The number of halogens is 1. The number of H-pyrrole nitrogens is 1. The van der Waals surface area contributed by atoms with Crippen molar-refractivity contribution in [3.8, 4) is 11.3 Å². The third kappa shape index (κ3) is 4.52. The standard InChI is InChI=1S/C24H25IN6/c25-21-14-28-24(30-23(21)20-13-27-22-4-2-1-3-19(20)22)29-18-9-11-31(12-10-18)15-16-5-7-17(26)8-6-16/h1-8,13-14,18,27H,9-12,15,26H2,(H,28,29,30). The van der Waals surface area contributed by atoms with Gasteiger partial charge in [-0.1, -0.05) is 30.3 Å². The van der Waals surface area contributed by atoms with Crippen LogP contribution in [0.3, 0.4) is 0 Å². The molecule has 1 aliphatic rings. The maximum atomic E-state index is 5.79. The number of fused-ring (bicyclic) bond motifs is 1. The molecule has 0 bridgehead atoms. The van der Waals surface area contributed by atoms with Gasteiger partial charge in [0.15, 0.2) is 0 Å². The minimum Gasteiger partial charge on any atom is -0.399 e. The number of anilines is 2. The Labute approximate surface area is 195 Å². The second-order valence-electron chi connectivity index (χ2n) is 8.07. The van der Waals surface area contributed by atoms with Crippen molar-refractivity contribution in [1.29, 1.82) is 0 Å². The van der Waals surface area contributed by atoms with Gasteiger partial charge in [-0.25, -0.2) is 9.97 Å². The Balaban J connectivity index is 1.25. The first-order valence-corrected chi connectivity index (χ1v) is 11.7. The molecule has 31 heavy (non-hydrogen) atoms. The minimum absolute atomic E-state index is 0.388. The number of para-hydroxylation sites is 1. The zero-order valence-electron chi connectivity index (χ0n) is 17.2. The number of hydrogen-bond donors (Lipinski definition) is 3. The van der Waals surface area contributed by atoms with E-state index in [1.165, 1.54) is 10.9 Å². The Kier molecular flexibility index (Phi) is 5.78. The molecule has 0 saturated carbocycles. The van der Waals surface area contributed by atoms with Crippen LogP contribution in [0.25, 0.3) is 22.2 Å². The number of nitrogens with two attached hydrogens (primary N) is 1. The molecule has 0 aliphatic carbocycles. The minimum atomic E-state index is 0.388. The molecule has 0 radical (unpaired) electrons. The van der Waals surface area contributed by atoms with Crippen molar-refractivity contribution in [3.05, 3.63) is 70.1 Å². The van der Waals surface area contributed by atoms with E-state index in [2.05, 4.69) is 73.1 Å². The third-order valence-corrected chi connectivity index (χ3v) is 6.68. The average Bonchev–Trinajstić information content (AvgIpc) is 3.22. The fourth-order valence-corrected chi connectivity index (χ4v) is 4.74. The zero-order chi connectivity index (χ0) is 21.2. The summed E-state index contributed by atoms with van der Waals surface area (Å²) in [5.74, 6) is 0.706. The van der Waals surface area contributed by atoms with Crippen molar-refractivity contribution in [2.45, 2.75) is 25.4 Å². The van der Waals surface area contributed by atoms with E-state index in [4.69, 9.17) is 10.7 Å². The molecule has 2 aromatic heterocycles. The fraction of sp³-hybridized carbons (Fsp3) is 0.250. The van der Waals surface area contributed by atoms with Gasteiger partial charge < -0.3 is 16.0 Å². The number of nitrogens with zero attached hydrogens (tertiary/aromatic N) is 3. The molecular formula is C24H25IN6. The summed E-state index contributed by atoms with van der Waals surface area (Å²) in [6, 6.07) is 16.9. The number of rotatable bonds is 5. The van der Waals surface area contributed by atoms with Crippen molar-refractivity contribution in [1.82, 2.24) is 19.9 Å². The van der Waals surface area contributed by atoms with Gasteiger partial charge in [-0.05, 0) is 59.2 Å². The van der Waals surface area contributed by atoms with Crippen LogP contribution >= 0.6 is 22.6 Å². The monoisotopic (exact) mass is 524 g/mol. The average molecular weight is 524 g/mol. The van der Waals surface area contributed by atoms with Crippen LogP contribution in [0.2, 0.25) is 0 Å². The molecule has 1 fully saturated rings. The van der Waals surface area contributed by atoms with Gasteiger partial charge in [0.25, 0.3) is 0 Å². The van der Waals surface area contributed by atoms with Crippen molar-refractivity contribution >= 4 is 45.1 Å². The van der Waals surface area contributed by atoms with E-state index < -0.39 is 0 Å². The number of hydrogen-bond acceptors (Lipinski definition) is 5. The van der Waals surface area contributed by atoms with Gasteiger partial charge in [0.1, 0.15) is 0 Å². The van der Waals surface area contributed by atoms with E-state index in [0.29, 0.717) is 12.0 Å². The lowest BCUT2D eigenvalue weighted by Crippen LogP contribution is -2.39. The maximum Gasteiger partial charge on any atom is 0.223 e. The van der Waals surface area contributed by atoms with Crippen molar-refractivity contribution in [2.75, 3.05) is 24.1 Å². The van der Waals surface area contributed by atoms with E-state index in [1.807, 2.05) is 30.6 Å². The van der Waals surface area contributed by atoms with Crippen LogP contribution < -0.4 is 11.1 Å². The molecule has 0 unspecified atom stereocenters. The number of nitrogen functional groups attached to an aromatic ring is 1. The van der Waals surface area contributed by atoms with Gasteiger partial charge in [-0.2, -0.15) is 0 Å². The van der Waals surface area contributed by atoms with Crippen LogP contribution in [0.1, 0.15) is 18.4 Å². The van der Waals surface area contributed by atoms with Gasteiger partial charge in [0, 0.05) is 60.2 Å². The number of aromatic nitrogens is 3. The normalized spacial score (nSPS) is 15.4. The molecule has 158 valence electrons. The molecular weight excluding hydrogens is 499 g/mol. The van der Waals surface area contributed by atoms with Gasteiger partial charge in [-0.15, -0.1) is 0 Å². The summed E-state index contributed by atoms with van der Waals surface area (Å²) in [6.07, 6.45) is 6.09. The number of likely N-dealkylation sites (tertiary alicyclic amines) is 1. The maximum absolute atomic E-state index is 5.79. The predicted octanol–water partition coefficient (Wildman–Crippen LogP) is 4.89. The highest BCUT2D eigenvalue weighted by Crippen LogP contribution is 2.31. The summed E-state index contributed by atoms with van der Waals surface area (Å²) in [5.41, 5.74) is 11.1. The number of nitrogens with one attached hydrogen (secondary N) is 2. The summed E-state index contributed by atoms with van der Waals surface area (Å²) in [4.78, 5) is 15.3. The number of benzene rings is 2. The molecule has 1 saturated heterocycles. The van der Waals surface area contributed by atoms with Gasteiger partial charge in [0.05, 0.1) is 9.26 Å². The second-order valence-corrected chi connectivity index (χ2v) is 9.24. The first kappa shape index (κ1) is 20.3. The molecule has 7 heteroatoms. The van der Waals surface area contributed by atoms with Crippen LogP contribution in [0.15, 0.2) is 60.9 Å². The molecule has 5 rings (SSSR count). The molecule has 3 heterocycles. The predicted molar refractivity (Wildman–Crippen MR) is 135 cm³/mol. The van der Waals surface area contributed by atoms with Gasteiger partial charge in [-0.3, -0.25) is 4.90 Å². The summed E-state index contributed by atoms with van der Waals surface area (Å²) in [7, 11) is 0. The Morgan fingerprint density at radius 3 is 2.68 bits per heavy atom. The van der Waals surface area contributed by atoms with E-state index in [-0.39, 0.29) is 0 Å². The lowest BCUT2D eigenvalue weighted by molar-refractivity contribution is 0.211. The molecule has 2 aromatic carbocycles. The molecule has 4 aromatic rings. The molecule has 4 N–H and O–H groups in total. The molecule has 0 spiro atoms. The molecule has 0 atom stereocenters. The van der Waals surface area contributed by atoms with Crippen molar-refractivity contribution in [2.24, 2.45) is 0 Å². The van der Waals surface area contributed by atoms with Crippen LogP contribution in [0.4, 0.5) is 11.6 Å². The molecule has 6 nitrogen and oxygen atoms in total. The van der Waals surface area contributed by atoms with Crippen LogP contribution in [0.5, 0.6) is 0 Å². The Morgan fingerprint density at radius 1 is 1.10 bits per heavy atom. The Bertz CT molecular complexity index is 1180. The van der Waals surface area contributed by atoms with E-state index in [9.17, 15) is 0 Å². The van der Waals surface area contributed by atoms with Crippen LogP contribution in [0, 0.1) is 3.57 Å². The smallest absolute Gasteiger partial charge is 0.223 e.